The number of nitrogens with zero attached hydrogens (tertiary/aromatic N) is 2. The van der Waals surface area contributed by atoms with Crippen LogP contribution in [-0.2, 0) is 12.7 Å². The van der Waals surface area contributed by atoms with Gasteiger partial charge in [0.25, 0.3) is 0 Å². The van der Waals surface area contributed by atoms with Gasteiger partial charge in [-0.15, -0.1) is 0 Å². The second-order valence-electron chi connectivity index (χ2n) is 4.55. The molecular weight excluding hydrogens is 265 g/mol. The Hall–Kier alpha value is -2.30. The molecule has 0 saturated heterocycles. The molecule has 20 heavy (non-hydrogen) atoms. The molecule has 1 aromatic carbocycles. The second-order valence-corrected chi connectivity index (χ2v) is 4.55. The van der Waals surface area contributed by atoms with Crippen molar-refractivity contribution < 1.29 is 13.2 Å². The number of rotatable bonds is 2. The molecule has 0 spiro atoms. The molecule has 3 aromatic rings. The highest BCUT2D eigenvalue weighted by Gasteiger charge is 2.34. The number of aromatic nitrogens is 2. The Morgan fingerprint density at radius 2 is 1.75 bits per heavy atom. The van der Waals surface area contributed by atoms with Crippen LogP contribution in [0.25, 0.3) is 10.9 Å². The first kappa shape index (κ1) is 12.7. The SMILES string of the molecule is FC(F)(F)c1cncc2ccn(Cc3ccccc3)c12. The van der Waals surface area contributed by atoms with Crippen LogP contribution in [0.2, 0.25) is 0 Å². The number of hydrogen-bond acceptors (Lipinski definition) is 1. The largest absolute Gasteiger partial charge is 0.419 e. The summed E-state index contributed by atoms with van der Waals surface area (Å²) in [6.07, 6.45) is -0.413. The summed E-state index contributed by atoms with van der Waals surface area (Å²) in [5, 5.41) is 0.496. The van der Waals surface area contributed by atoms with E-state index in [1.54, 1.807) is 16.8 Å². The van der Waals surface area contributed by atoms with Crippen molar-refractivity contribution in [1.29, 1.82) is 0 Å². The molecule has 2 nitrogen and oxygen atoms in total. The highest BCUT2D eigenvalue weighted by Crippen LogP contribution is 2.34. The molecule has 102 valence electrons. The van der Waals surface area contributed by atoms with E-state index in [9.17, 15) is 13.2 Å². The Bertz CT molecular complexity index is 730. The van der Waals surface area contributed by atoms with Crippen LogP contribution in [0.5, 0.6) is 0 Å². The van der Waals surface area contributed by atoms with Crippen LogP contribution in [0.15, 0.2) is 55.0 Å². The molecule has 0 aliphatic heterocycles. The number of halogens is 3. The first-order valence-electron chi connectivity index (χ1n) is 6.09. The van der Waals surface area contributed by atoms with Crippen molar-refractivity contribution in [2.24, 2.45) is 0 Å². The van der Waals surface area contributed by atoms with Gasteiger partial charge in [0.1, 0.15) is 0 Å². The van der Waals surface area contributed by atoms with E-state index in [0.717, 1.165) is 11.8 Å². The van der Waals surface area contributed by atoms with E-state index in [-0.39, 0.29) is 5.52 Å². The third-order valence-electron chi connectivity index (χ3n) is 3.17. The molecule has 0 radical (unpaired) electrons. The van der Waals surface area contributed by atoms with Crippen LogP contribution in [-0.4, -0.2) is 9.55 Å². The van der Waals surface area contributed by atoms with E-state index >= 15 is 0 Å². The maximum Gasteiger partial charge on any atom is 0.419 e. The van der Waals surface area contributed by atoms with Gasteiger partial charge in [-0.3, -0.25) is 4.98 Å². The van der Waals surface area contributed by atoms with E-state index in [4.69, 9.17) is 0 Å². The Morgan fingerprint density at radius 1 is 1.00 bits per heavy atom. The van der Waals surface area contributed by atoms with Crippen molar-refractivity contribution in [2.75, 3.05) is 0 Å². The fourth-order valence-electron chi connectivity index (χ4n) is 2.28. The van der Waals surface area contributed by atoms with Gasteiger partial charge in [0.2, 0.25) is 0 Å². The summed E-state index contributed by atoms with van der Waals surface area (Å²) < 4.78 is 40.8. The minimum Gasteiger partial charge on any atom is -0.342 e. The molecule has 0 amide bonds. The molecule has 0 N–H and O–H groups in total. The standard InChI is InChI=1S/C15H11F3N2/c16-15(17,18)13-9-19-8-12-6-7-20(14(12)13)10-11-4-2-1-3-5-11/h1-9H,10H2. The molecule has 2 heterocycles. The molecule has 0 saturated carbocycles. The summed E-state index contributed by atoms with van der Waals surface area (Å²) in [4.78, 5) is 3.67. The van der Waals surface area contributed by atoms with E-state index < -0.39 is 11.7 Å². The van der Waals surface area contributed by atoms with Gasteiger partial charge < -0.3 is 4.57 Å². The van der Waals surface area contributed by atoms with Crippen LogP contribution < -0.4 is 0 Å². The Labute approximate surface area is 113 Å². The van der Waals surface area contributed by atoms with Gasteiger partial charge >= 0.3 is 6.18 Å². The smallest absolute Gasteiger partial charge is 0.342 e. The minimum absolute atomic E-state index is 0.177. The molecule has 0 aliphatic carbocycles. The van der Waals surface area contributed by atoms with E-state index in [2.05, 4.69) is 4.98 Å². The average Bonchev–Trinajstić information content (AvgIpc) is 2.82. The van der Waals surface area contributed by atoms with E-state index in [0.29, 0.717) is 11.9 Å². The van der Waals surface area contributed by atoms with Crippen LogP contribution in [0.4, 0.5) is 13.2 Å². The summed E-state index contributed by atoms with van der Waals surface area (Å²) in [7, 11) is 0. The lowest BCUT2D eigenvalue weighted by Gasteiger charge is -2.12. The summed E-state index contributed by atoms with van der Waals surface area (Å²) in [5.74, 6) is 0. The molecule has 0 bridgehead atoms. The van der Waals surface area contributed by atoms with E-state index in [1.807, 2.05) is 30.3 Å². The lowest BCUT2D eigenvalue weighted by molar-refractivity contribution is -0.136. The van der Waals surface area contributed by atoms with Crippen molar-refractivity contribution >= 4 is 10.9 Å². The van der Waals surface area contributed by atoms with Crippen molar-refractivity contribution in [3.05, 3.63) is 66.1 Å². The van der Waals surface area contributed by atoms with Crippen LogP contribution in [0.3, 0.4) is 0 Å². The van der Waals surface area contributed by atoms with Gasteiger partial charge in [0.05, 0.1) is 11.1 Å². The van der Waals surface area contributed by atoms with Gasteiger partial charge in [-0.1, -0.05) is 30.3 Å². The van der Waals surface area contributed by atoms with Crippen molar-refractivity contribution in [3.63, 3.8) is 0 Å². The topological polar surface area (TPSA) is 17.8 Å². The Kier molecular flexibility index (Phi) is 2.97. The third kappa shape index (κ3) is 2.27. The van der Waals surface area contributed by atoms with Crippen LogP contribution >= 0.6 is 0 Å². The zero-order chi connectivity index (χ0) is 14.2. The molecule has 3 rings (SSSR count). The third-order valence-corrected chi connectivity index (χ3v) is 3.17. The predicted octanol–water partition coefficient (Wildman–Crippen LogP) is 4.10. The van der Waals surface area contributed by atoms with Gasteiger partial charge in [-0.05, 0) is 11.6 Å². The molecule has 2 aromatic heterocycles. The molecule has 0 aliphatic rings. The average molecular weight is 276 g/mol. The molecule has 5 heteroatoms. The molecule has 0 atom stereocenters. The van der Waals surface area contributed by atoms with Gasteiger partial charge in [0.15, 0.2) is 0 Å². The zero-order valence-corrected chi connectivity index (χ0v) is 10.4. The zero-order valence-electron chi connectivity index (χ0n) is 10.4. The quantitative estimate of drug-likeness (QED) is 0.689. The fraction of sp³-hybridized carbons (Fsp3) is 0.133. The number of hydrogen-bond donors (Lipinski definition) is 0. The number of benzene rings is 1. The monoisotopic (exact) mass is 276 g/mol. The van der Waals surface area contributed by atoms with Crippen molar-refractivity contribution in [3.8, 4) is 0 Å². The van der Waals surface area contributed by atoms with Gasteiger partial charge in [-0.2, -0.15) is 13.2 Å². The number of pyridine rings is 1. The first-order chi connectivity index (χ1) is 9.55. The van der Waals surface area contributed by atoms with Gasteiger partial charge in [0, 0.05) is 30.5 Å². The van der Waals surface area contributed by atoms with E-state index in [1.165, 1.54) is 6.20 Å². The van der Waals surface area contributed by atoms with Crippen molar-refractivity contribution in [2.45, 2.75) is 12.7 Å². The molecular formula is C15H11F3N2. The Balaban J connectivity index is 2.13. The number of fused-ring (bicyclic) bond motifs is 1. The second kappa shape index (κ2) is 4.67. The lowest BCUT2D eigenvalue weighted by Crippen LogP contribution is -2.09. The van der Waals surface area contributed by atoms with Crippen molar-refractivity contribution in [1.82, 2.24) is 9.55 Å². The molecule has 0 fully saturated rings. The summed E-state index contributed by atoms with van der Waals surface area (Å²) >= 11 is 0. The van der Waals surface area contributed by atoms with Crippen LogP contribution in [0.1, 0.15) is 11.1 Å². The highest BCUT2D eigenvalue weighted by molar-refractivity contribution is 5.82. The summed E-state index contributed by atoms with van der Waals surface area (Å²) in [6, 6.07) is 11.0. The summed E-state index contributed by atoms with van der Waals surface area (Å²) in [6.45, 7) is 0.400. The summed E-state index contributed by atoms with van der Waals surface area (Å²) in [5.41, 5.74) is 0.433. The minimum atomic E-state index is -4.40. The van der Waals surface area contributed by atoms with Crippen LogP contribution in [0, 0.1) is 0 Å². The fourth-order valence-corrected chi connectivity index (χ4v) is 2.28. The maximum atomic E-state index is 13.1. The first-order valence-corrected chi connectivity index (χ1v) is 6.09. The number of alkyl halides is 3. The lowest BCUT2D eigenvalue weighted by atomic mass is 10.2. The molecule has 0 unspecified atom stereocenters. The Morgan fingerprint density at radius 3 is 2.45 bits per heavy atom. The van der Waals surface area contributed by atoms with Gasteiger partial charge in [-0.25, -0.2) is 0 Å². The normalized spacial score (nSPS) is 11.9. The highest BCUT2D eigenvalue weighted by atomic mass is 19.4. The maximum absolute atomic E-state index is 13.1. The predicted molar refractivity (Wildman–Crippen MR) is 70.3 cm³/mol.